The van der Waals surface area contributed by atoms with Crippen LogP contribution in [0.15, 0.2) is 28.9 Å². The average molecular weight is 305 g/mol. The van der Waals surface area contributed by atoms with E-state index in [1.54, 1.807) is 24.5 Å². The van der Waals surface area contributed by atoms with Crippen LogP contribution in [0.25, 0.3) is 11.5 Å². The lowest BCUT2D eigenvalue weighted by molar-refractivity contribution is 0.0320. The van der Waals surface area contributed by atoms with Crippen LogP contribution in [0.5, 0.6) is 0 Å². The molecule has 3 rings (SSSR count). The van der Waals surface area contributed by atoms with Crippen molar-refractivity contribution in [2.24, 2.45) is 5.92 Å². The Morgan fingerprint density at radius 1 is 1.59 bits per heavy atom. The first-order valence-electron chi connectivity index (χ1n) is 7.35. The topological polar surface area (TPSA) is 100 Å². The third-order valence-electron chi connectivity index (χ3n) is 3.46. The molecule has 1 atom stereocenters. The van der Waals surface area contributed by atoms with Crippen LogP contribution in [0.1, 0.15) is 23.3 Å². The van der Waals surface area contributed by atoms with Crippen molar-refractivity contribution in [3.8, 4) is 11.5 Å². The Kier molecular flexibility index (Phi) is 4.55. The minimum absolute atomic E-state index is 0.131. The second-order valence-corrected chi connectivity index (χ2v) is 5.49. The summed E-state index contributed by atoms with van der Waals surface area (Å²) in [5, 5.41) is 19.1. The number of aliphatic hydroxyl groups is 1. The van der Waals surface area contributed by atoms with Gasteiger partial charge in [0.2, 0.25) is 0 Å². The fourth-order valence-corrected chi connectivity index (χ4v) is 2.01. The number of hydrogen-bond acceptors (Lipinski definition) is 5. The van der Waals surface area contributed by atoms with E-state index in [1.807, 2.05) is 0 Å². The van der Waals surface area contributed by atoms with Crippen LogP contribution in [0, 0.1) is 5.92 Å². The summed E-state index contributed by atoms with van der Waals surface area (Å²) in [5.41, 5.74) is 0.876. The highest BCUT2D eigenvalue weighted by atomic mass is 16.5. The van der Waals surface area contributed by atoms with Gasteiger partial charge in [0, 0.05) is 19.2 Å². The standard InChI is InChI=1S/C15H19N3O4/c19-11(9-21-8-10-3-4-10)7-16-15(20)13-6-12(17-18-13)14-2-1-5-22-14/h1-2,5-6,10-11,19H,3-4,7-9H2,(H,16,20)(H,17,18). The molecule has 0 bridgehead atoms. The maximum absolute atomic E-state index is 11.9. The van der Waals surface area contributed by atoms with Crippen LogP contribution in [0.2, 0.25) is 0 Å². The molecule has 2 aromatic heterocycles. The normalized spacial score (nSPS) is 15.7. The molecule has 0 aromatic carbocycles. The van der Waals surface area contributed by atoms with Gasteiger partial charge < -0.3 is 19.6 Å². The highest BCUT2D eigenvalue weighted by Gasteiger charge is 2.21. The molecule has 22 heavy (non-hydrogen) atoms. The third kappa shape index (κ3) is 3.96. The lowest BCUT2D eigenvalue weighted by Crippen LogP contribution is -2.34. The van der Waals surface area contributed by atoms with Crippen molar-refractivity contribution in [2.75, 3.05) is 19.8 Å². The number of aromatic amines is 1. The SMILES string of the molecule is O=C(NCC(O)COCC1CC1)c1cc(-c2ccco2)[nH]n1. The number of carbonyl (C=O) groups is 1. The van der Waals surface area contributed by atoms with E-state index in [-0.39, 0.29) is 24.8 Å². The zero-order valence-electron chi connectivity index (χ0n) is 12.1. The summed E-state index contributed by atoms with van der Waals surface area (Å²) in [4.78, 5) is 11.9. The summed E-state index contributed by atoms with van der Waals surface area (Å²) < 4.78 is 10.6. The fourth-order valence-electron chi connectivity index (χ4n) is 2.01. The number of aliphatic hydroxyl groups excluding tert-OH is 1. The molecule has 2 aromatic rings. The van der Waals surface area contributed by atoms with E-state index in [0.29, 0.717) is 24.0 Å². The summed E-state index contributed by atoms with van der Waals surface area (Å²) in [6.07, 6.45) is 3.26. The Bertz CT molecular complexity index is 604. The van der Waals surface area contributed by atoms with Crippen molar-refractivity contribution in [2.45, 2.75) is 18.9 Å². The number of nitrogens with one attached hydrogen (secondary N) is 2. The molecule has 1 aliphatic carbocycles. The largest absolute Gasteiger partial charge is 0.463 e. The summed E-state index contributed by atoms with van der Waals surface area (Å²) in [6, 6.07) is 5.13. The van der Waals surface area contributed by atoms with Gasteiger partial charge in [-0.2, -0.15) is 5.10 Å². The molecule has 1 amide bonds. The molecule has 7 nitrogen and oxygen atoms in total. The summed E-state index contributed by atoms with van der Waals surface area (Å²) in [6.45, 7) is 1.05. The van der Waals surface area contributed by atoms with Gasteiger partial charge in [-0.25, -0.2) is 0 Å². The van der Waals surface area contributed by atoms with Crippen LogP contribution >= 0.6 is 0 Å². The second-order valence-electron chi connectivity index (χ2n) is 5.49. The van der Waals surface area contributed by atoms with Gasteiger partial charge in [-0.15, -0.1) is 0 Å². The number of carbonyl (C=O) groups excluding carboxylic acids is 1. The van der Waals surface area contributed by atoms with Crippen molar-refractivity contribution in [3.63, 3.8) is 0 Å². The van der Waals surface area contributed by atoms with Crippen molar-refractivity contribution in [1.29, 1.82) is 0 Å². The van der Waals surface area contributed by atoms with Crippen LogP contribution < -0.4 is 5.32 Å². The van der Waals surface area contributed by atoms with E-state index in [0.717, 1.165) is 0 Å². The number of rotatable bonds is 8. The monoisotopic (exact) mass is 305 g/mol. The van der Waals surface area contributed by atoms with Gasteiger partial charge in [0.05, 0.1) is 19.0 Å². The van der Waals surface area contributed by atoms with Crippen LogP contribution in [0.3, 0.4) is 0 Å². The summed E-state index contributed by atoms with van der Waals surface area (Å²) in [7, 11) is 0. The molecule has 7 heteroatoms. The Balaban J connectivity index is 1.43. The van der Waals surface area contributed by atoms with Crippen LogP contribution in [-0.4, -0.2) is 47.1 Å². The molecule has 1 fully saturated rings. The zero-order chi connectivity index (χ0) is 15.4. The Hall–Kier alpha value is -2.12. The molecule has 118 valence electrons. The molecule has 1 unspecified atom stereocenters. The predicted octanol–water partition coefficient (Wildman–Crippen LogP) is 1.19. The summed E-state index contributed by atoms with van der Waals surface area (Å²) in [5.74, 6) is 0.918. The third-order valence-corrected chi connectivity index (χ3v) is 3.46. The Labute approximate surface area is 127 Å². The lowest BCUT2D eigenvalue weighted by atomic mass is 10.3. The van der Waals surface area contributed by atoms with E-state index in [1.165, 1.54) is 12.8 Å². The average Bonchev–Trinajstić information content (AvgIpc) is 3.01. The van der Waals surface area contributed by atoms with Crippen molar-refractivity contribution in [1.82, 2.24) is 15.5 Å². The fraction of sp³-hybridized carbons (Fsp3) is 0.467. The molecular weight excluding hydrogens is 286 g/mol. The van der Waals surface area contributed by atoms with Gasteiger partial charge in [-0.05, 0) is 30.9 Å². The first-order chi connectivity index (χ1) is 10.7. The number of ether oxygens (including phenoxy) is 1. The molecular formula is C15H19N3O4. The molecule has 1 saturated carbocycles. The van der Waals surface area contributed by atoms with E-state index in [2.05, 4.69) is 15.5 Å². The van der Waals surface area contributed by atoms with Crippen molar-refractivity contribution < 1.29 is 19.1 Å². The van der Waals surface area contributed by atoms with Crippen molar-refractivity contribution in [3.05, 3.63) is 30.2 Å². The van der Waals surface area contributed by atoms with E-state index in [4.69, 9.17) is 9.15 Å². The van der Waals surface area contributed by atoms with Crippen molar-refractivity contribution >= 4 is 5.91 Å². The van der Waals surface area contributed by atoms with Gasteiger partial charge in [-0.3, -0.25) is 9.89 Å². The maximum Gasteiger partial charge on any atom is 0.271 e. The minimum Gasteiger partial charge on any atom is -0.463 e. The number of H-pyrrole nitrogens is 1. The predicted molar refractivity (Wildman–Crippen MR) is 78.2 cm³/mol. The summed E-state index contributed by atoms with van der Waals surface area (Å²) >= 11 is 0. The molecule has 3 N–H and O–H groups in total. The number of hydrogen-bond donors (Lipinski definition) is 3. The highest BCUT2D eigenvalue weighted by molar-refractivity contribution is 5.93. The first kappa shape index (κ1) is 14.8. The van der Waals surface area contributed by atoms with Gasteiger partial charge in [0.1, 0.15) is 5.69 Å². The van der Waals surface area contributed by atoms with Gasteiger partial charge in [0.15, 0.2) is 11.5 Å². The molecule has 0 saturated heterocycles. The van der Waals surface area contributed by atoms with E-state index in [9.17, 15) is 9.90 Å². The van der Waals surface area contributed by atoms with Gasteiger partial charge in [0.25, 0.3) is 5.91 Å². The smallest absolute Gasteiger partial charge is 0.271 e. The number of furan rings is 1. The number of nitrogens with zero attached hydrogens (tertiary/aromatic N) is 1. The van der Waals surface area contributed by atoms with E-state index >= 15 is 0 Å². The maximum atomic E-state index is 11.9. The number of aromatic nitrogens is 2. The lowest BCUT2D eigenvalue weighted by Gasteiger charge is -2.11. The van der Waals surface area contributed by atoms with Crippen LogP contribution in [0.4, 0.5) is 0 Å². The van der Waals surface area contributed by atoms with Gasteiger partial charge in [-0.1, -0.05) is 0 Å². The Morgan fingerprint density at radius 3 is 3.18 bits per heavy atom. The zero-order valence-corrected chi connectivity index (χ0v) is 12.1. The second kappa shape index (κ2) is 6.76. The first-order valence-corrected chi connectivity index (χ1v) is 7.35. The molecule has 0 aliphatic heterocycles. The van der Waals surface area contributed by atoms with Crippen LogP contribution in [-0.2, 0) is 4.74 Å². The number of amides is 1. The van der Waals surface area contributed by atoms with Gasteiger partial charge >= 0.3 is 0 Å². The minimum atomic E-state index is -0.716. The molecule has 0 spiro atoms. The molecule has 2 heterocycles. The molecule has 0 radical (unpaired) electrons. The molecule has 1 aliphatic rings. The highest BCUT2D eigenvalue weighted by Crippen LogP contribution is 2.28. The van der Waals surface area contributed by atoms with E-state index < -0.39 is 6.10 Å². The Morgan fingerprint density at radius 2 is 2.45 bits per heavy atom. The quantitative estimate of drug-likeness (QED) is 0.680.